The fourth-order valence-electron chi connectivity index (χ4n) is 3.65. The smallest absolute Gasteiger partial charge is 0.223 e. The first-order valence-corrected chi connectivity index (χ1v) is 10.7. The summed E-state index contributed by atoms with van der Waals surface area (Å²) in [6, 6.07) is 2.08. The zero-order valence-electron chi connectivity index (χ0n) is 17.7. The zero-order valence-corrected chi connectivity index (χ0v) is 17.7. The summed E-state index contributed by atoms with van der Waals surface area (Å²) in [5.41, 5.74) is 2.17. The summed E-state index contributed by atoms with van der Waals surface area (Å²) in [6.07, 6.45) is 7.09. The second kappa shape index (κ2) is 8.91. The monoisotopic (exact) mass is 413 g/mol. The highest BCUT2D eigenvalue weighted by molar-refractivity contribution is 5.62. The Labute approximate surface area is 175 Å². The van der Waals surface area contributed by atoms with Gasteiger partial charge in [-0.25, -0.2) is 23.9 Å². The molecule has 3 aromatic rings. The van der Waals surface area contributed by atoms with Crippen LogP contribution in [0.4, 0.5) is 10.3 Å². The average Bonchev–Trinajstić information content (AvgIpc) is 3.56. The van der Waals surface area contributed by atoms with E-state index in [1.165, 1.54) is 6.20 Å². The van der Waals surface area contributed by atoms with Crippen molar-refractivity contribution in [1.82, 2.24) is 29.9 Å². The second-order valence-electron chi connectivity index (χ2n) is 7.36. The normalized spacial score (nSPS) is 18.6. The van der Waals surface area contributed by atoms with Crippen molar-refractivity contribution < 1.29 is 9.13 Å². The van der Waals surface area contributed by atoms with Crippen LogP contribution in [0.5, 0.6) is 5.75 Å². The molecule has 1 aliphatic carbocycles. The third-order valence-electron chi connectivity index (χ3n) is 5.29. The van der Waals surface area contributed by atoms with Crippen LogP contribution in [0.15, 0.2) is 18.5 Å². The molecule has 2 fully saturated rings. The highest BCUT2D eigenvalue weighted by atomic mass is 19.1. The van der Waals surface area contributed by atoms with Crippen LogP contribution >= 0.6 is 0 Å². The predicted octanol–water partition coefficient (Wildman–Crippen LogP) is 3.40. The van der Waals surface area contributed by atoms with Gasteiger partial charge in [0.2, 0.25) is 5.95 Å². The van der Waals surface area contributed by atoms with Crippen molar-refractivity contribution in [2.24, 2.45) is 0 Å². The molecule has 4 heterocycles. The molecule has 8 nitrogen and oxygen atoms in total. The molecule has 0 radical (unpaired) electrons. The molecule has 5 rings (SSSR count). The Bertz CT molecular complexity index is 1010. The van der Waals surface area contributed by atoms with Gasteiger partial charge >= 0.3 is 0 Å². The number of hydrogen-bond donors (Lipinski definition) is 2. The third-order valence-corrected chi connectivity index (χ3v) is 5.29. The first-order valence-electron chi connectivity index (χ1n) is 10.7. The quantitative estimate of drug-likeness (QED) is 0.663. The summed E-state index contributed by atoms with van der Waals surface area (Å²) in [5.74, 6) is 1.03. The Balaban J connectivity index is 0.00000106. The number of hydrogen-bond acceptors (Lipinski definition) is 7. The molecule has 3 aromatic heterocycles. The van der Waals surface area contributed by atoms with E-state index in [1.54, 1.807) is 17.8 Å². The van der Waals surface area contributed by atoms with Crippen LogP contribution in [0.3, 0.4) is 0 Å². The molecule has 9 heteroatoms. The van der Waals surface area contributed by atoms with Crippen LogP contribution in [-0.4, -0.2) is 50.8 Å². The molecule has 2 N–H and O–H groups in total. The molecule has 1 saturated heterocycles. The Morgan fingerprint density at radius 1 is 1.20 bits per heavy atom. The predicted molar refractivity (Wildman–Crippen MR) is 113 cm³/mol. The van der Waals surface area contributed by atoms with Crippen molar-refractivity contribution in [1.29, 1.82) is 0 Å². The third kappa shape index (κ3) is 4.07. The number of ether oxygens (including phenoxy) is 1. The van der Waals surface area contributed by atoms with Gasteiger partial charge in [-0.2, -0.15) is 5.10 Å². The summed E-state index contributed by atoms with van der Waals surface area (Å²) in [5, 5.41) is 11.3. The van der Waals surface area contributed by atoms with Gasteiger partial charge in [0.05, 0.1) is 19.5 Å². The molecule has 2 aliphatic rings. The van der Waals surface area contributed by atoms with E-state index in [9.17, 15) is 4.39 Å². The van der Waals surface area contributed by atoms with Crippen LogP contribution < -0.4 is 15.4 Å². The van der Waals surface area contributed by atoms with Gasteiger partial charge in [-0.1, -0.05) is 13.8 Å². The SMILES string of the molecule is CC.COc1cc2ncc(-c3nc(NC4CCCNC4)ncc3F)n2nc1C1CC1. The lowest BCUT2D eigenvalue weighted by atomic mass is 10.1. The number of methoxy groups -OCH3 is 1. The Morgan fingerprint density at radius 3 is 2.73 bits per heavy atom. The number of aromatic nitrogens is 5. The lowest BCUT2D eigenvalue weighted by molar-refractivity contribution is 0.405. The molecule has 1 atom stereocenters. The molecular weight excluding hydrogens is 385 g/mol. The summed E-state index contributed by atoms with van der Waals surface area (Å²) < 4.78 is 21.7. The van der Waals surface area contributed by atoms with Gasteiger partial charge in [0.25, 0.3) is 0 Å². The van der Waals surface area contributed by atoms with Crippen molar-refractivity contribution in [2.75, 3.05) is 25.5 Å². The zero-order chi connectivity index (χ0) is 21.1. The van der Waals surface area contributed by atoms with Gasteiger partial charge < -0.3 is 15.4 Å². The van der Waals surface area contributed by atoms with E-state index >= 15 is 0 Å². The first kappa shape index (κ1) is 20.5. The molecule has 160 valence electrons. The van der Waals surface area contributed by atoms with Crippen molar-refractivity contribution in [3.8, 4) is 17.1 Å². The molecule has 1 aliphatic heterocycles. The molecular formula is C21H28FN7O. The number of fused-ring (bicyclic) bond motifs is 1. The number of rotatable bonds is 5. The van der Waals surface area contributed by atoms with E-state index in [4.69, 9.17) is 9.84 Å². The molecule has 30 heavy (non-hydrogen) atoms. The van der Waals surface area contributed by atoms with Crippen molar-refractivity contribution >= 4 is 11.6 Å². The summed E-state index contributed by atoms with van der Waals surface area (Å²) in [6.45, 7) is 5.87. The molecule has 0 bridgehead atoms. The first-order chi connectivity index (χ1) is 14.7. The number of imidazole rings is 1. The van der Waals surface area contributed by atoms with Crippen LogP contribution in [-0.2, 0) is 0 Å². The maximum Gasteiger partial charge on any atom is 0.223 e. The molecule has 1 saturated carbocycles. The standard InChI is InChI=1S/C19H22FN7O.C2H6/c1-28-15-7-16-22-10-14(27(16)26-17(15)11-4-5-11)18-13(20)9-23-19(25-18)24-12-3-2-6-21-8-12;1-2/h7,9-12,21H,2-6,8H2,1H3,(H,23,24,25);1-2H3. The molecule has 0 spiro atoms. The minimum absolute atomic E-state index is 0.188. The van der Waals surface area contributed by atoms with E-state index in [-0.39, 0.29) is 11.7 Å². The van der Waals surface area contributed by atoms with E-state index in [0.29, 0.717) is 23.2 Å². The van der Waals surface area contributed by atoms with Gasteiger partial charge in [-0.05, 0) is 32.2 Å². The minimum atomic E-state index is -0.500. The number of halogens is 1. The summed E-state index contributed by atoms with van der Waals surface area (Å²) in [4.78, 5) is 12.9. The highest BCUT2D eigenvalue weighted by Gasteiger charge is 2.30. The molecule has 0 aromatic carbocycles. The topological polar surface area (TPSA) is 89.3 Å². The number of anilines is 1. The maximum atomic E-state index is 14.6. The summed E-state index contributed by atoms with van der Waals surface area (Å²) >= 11 is 0. The number of piperidine rings is 1. The van der Waals surface area contributed by atoms with E-state index in [2.05, 4.69) is 25.6 Å². The van der Waals surface area contributed by atoms with Crippen molar-refractivity contribution in [3.63, 3.8) is 0 Å². The lowest BCUT2D eigenvalue weighted by Crippen LogP contribution is -2.38. The van der Waals surface area contributed by atoms with Crippen LogP contribution in [0, 0.1) is 5.82 Å². The largest absolute Gasteiger partial charge is 0.495 e. The number of nitrogens with zero attached hydrogens (tertiary/aromatic N) is 5. The molecule has 1 unspecified atom stereocenters. The lowest BCUT2D eigenvalue weighted by Gasteiger charge is -2.23. The van der Waals surface area contributed by atoms with Crippen molar-refractivity contribution in [3.05, 3.63) is 30.0 Å². The fraction of sp³-hybridized carbons (Fsp3) is 0.524. The average molecular weight is 414 g/mol. The van der Waals surface area contributed by atoms with Gasteiger partial charge in [0.15, 0.2) is 11.5 Å². The van der Waals surface area contributed by atoms with Crippen molar-refractivity contribution in [2.45, 2.75) is 51.5 Å². The Kier molecular flexibility index (Phi) is 6.08. The molecule has 0 amide bonds. The Morgan fingerprint density at radius 2 is 2.03 bits per heavy atom. The fourth-order valence-corrected chi connectivity index (χ4v) is 3.65. The Hall–Kier alpha value is -2.81. The summed E-state index contributed by atoms with van der Waals surface area (Å²) in [7, 11) is 1.63. The minimum Gasteiger partial charge on any atom is -0.495 e. The maximum absolute atomic E-state index is 14.6. The van der Waals surface area contributed by atoms with E-state index < -0.39 is 5.82 Å². The van der Waals surface area contributed by atoms with E-state index in [1.807, 2.05) is 19.9 Å². The van der Waals surface area contributed by atoms with Gasteiger partial charge in [0.1, 0.15) is 22.8 Å². The number of nitrogens with one attached hydrogen (secondary N) is 2. The van der Waals surface area contributed by atoms with Crippen LogP contribution in [0.2, 0.25) is 0 Å². The second-order valence-corrected chi connectivity index (χ2v) is 7.36. The van der Waals surface area contributed by atoms with Crippen LogP contribution in [0.1, 0.15) is 51.1 Å². The van der Waals surface area contributed by atoms with Crippen LogP contribution in [0.25, 0.3) is 17.0 Å². The van der Waals surface area contributed by atoms with Gasteiger partial charge in [-0.15, -0.1) is 0 Å². The van der Waals surface area contributed by atoms with E-state index in [0.717, 1.165) is 50.2 Å². The van der Waals surface area contributed by atoms with Gasteiger partial charge in [-0.3, -0.25) is 0 Å². The highest BCUT2D eigenvalue weighted by Crippen LogP contribution is 2.43. The van der Waals surface area contributed by atoms with Gasteiger partial charge in [0, 0.05) is 24.6 Å².